The van der Waals surface area contributed by atoms with Crippen molar-refractivity contribution >= 4 is 34.3 Å². The molecule has 0 saturated carbocycles. The zero-order valence-corrected chi connectivity index (χ0v) is 22.6. The molecule has 0 unspecified atom stereocenters. The van der Waals surface area contributed by atoms with E-state index in [0.29, 0.717) is 33.7 Å². The van der Waals surface area contributed by atoms with Crippen molar-refractivity contribution in [3.63, 3.8) is 0 Å². The van der Waals surface area contributed by atoms with E-state index in [1.807, 2.05) is 18.2 Å². The average Bonchev–Trinajstić information content (AvgIpc) is 2.97. The average molecular weight is 538 g/mol. The third kappa shape index (κ3) is 5.13. The van der Waals surface area contributed by atoms with Crippen LogP contribution in [-0.4, -0.2) is 49.5 Å². The summed E-state index contributed by atoms with van der Waals surface area (Å²) in [5, 5.41) is 4.50. The summed E-state index contributed by atoms with van der Waals surface area (Å²) in [6.07, 6.45) is 7.26. The zero-order valence-electron chi connectivity index (χ0n) is 21.8. The number of pyridine rings is 1. The molecule has 0 spiro atoms. The summed E-state index contributed by atoms with van der Waals surface area (Å²) in [6.45, 7) is 2.27. The lowest BCUT2D eigenvalue weighted by atomic mass is 9.89. The maximum Gasteiger partial charge on any atom is 0.259 e. The number of fused-ring (bicyclic) bond motifs is 1. The number of hydrogen-bond acceptors (Lipinski definition) is 7. The summed E-state index contributed by atoms with van der Waals surface area (Å²) in [7, 11) is 3.89. The normalized spacial score (nSPS) is 14.5. The summed E-state index contributed by atoms with van der Waals surface area (Å²) in [5.41, 5.74) is 5.30. The van der Waals surface area contributed by atoms with Gasteiger partial charge in [0.05, 0.1) is 5.69 Å². The molecule has 4 heterocycles. The second kappa shape index (κ2) is 10.6. The summed E-state index contributed by atoms with van der Waals surface area (Å²) < 4.78 is 1.54. The fraction of sp³-hybridized carbons (Fsp3) is 0.233. The Hall–Kier alpha value is -4.14. The fourth-order valence-corrected chi connectivity index (χ4v) is 5.38. The first-order valence-electron chi connectivity index (χ1n) is 12.9. The van der Waals surface area contributed by atoms with Crippen LogP contribution < -0.4 is 10.9 Å². The third-order valence-electron chi connectivity index (χ3n) is 7.44. The molecule has 9 heteroatoms. The van der Waals surface area contributed by atoms with Gasteiger partial charge in [-0.15, -0.1) is 0 Å². The first-order valence-corrected chi connectivity index (χ1v) is 13.3. The van der Waals surface area contributed by atoms with Crippen LogP contribution in [0.5, 0.6) is 0 Å². The molecule has 5 aromatic rings. The largest absolute Gasteiger partial charge is 0.324 e. The van der Waals surface area contributed by atoms with Crippen molar-refractivity contribution in [2.75, 3.05) is 25.5 Å². The second-order valence-electron chi connectivity index (χ2n) is 10.0. The van der Waals surface area contributed by atoms with Crippen molar-refractivity contribution in [1.29, 1.82) is 0 Å². The Labute approximate surface area is 231 Å². The van der Waals surface area contributed by atoms with Gasteiger partial charge in [0.1, 0.15) is 12.0 Å². The van der Waals surface area contributed by atoms with Gasteiger partial charge in [0.15, 0.2) is 0 Å². The number of anilines is 2. The predicted octanol–water partition coefficient (Wildman–Crippen LogP) is 5.66. The number of nitrogens with zero attached hydrogens (tertiary/aromatic N) is 6. The molecule has 39 heavy (non-hydrogen) atoms. The topological polar surface area (TPSA) is 88.8 Å². The first-order chi connectivity index (χ1) is 19.0. The minimum Gasteiger partial charge on any atom is -0.324 e. The van der Waals surface area contributed by atoms with Crippen LogP contribution in [0.15, 0.2) is 78.1 Å². The number of nitrogens with one attached hydrogen (secondary N) is 1. The van der Waals surface area contributed by atoms with Crippen molar-refractivity contribution < 1.29 is 0 Å². The third-order valence-corrected chi connectivity index (χ3v) is 7.77. The van der Waals surface area contributed by atoms with E-state index in [4.69, 9.17) is 11.6 Å². The predicted molar refractivity (Wildman–Crippen MR) is 155 cm³/mol. The van der Waals surface area contributed by atoms with Gasteiger partial charge in [-0.25, -0.2) is 15.0 Å². The van der Waals surface area contributed by atoms with Crippen LogP contribution in [-0.2, 0) is 7.05 Å². The van der Waals surface area contributed by atoms with Gasteiger partial charge >= 0.3 is 0 Å². The van der Waals surface area contributed by atoms with E-state index < -0.39 is 0 Å². The van der Waals surface area contributed by atoms with E-state index in [2.05, 4.69) is 61.5 Å². The molecule has 0 radical (unpaired) electrons. The first kappa shape index (κ1) is 25.2. The van der Waals surface area contributed by atoms with Crippen molar-refractivity contribution in [1.82, 2.24) is 29.4 Å². The Morgan fingerprint density at radius 3 is 2.49 bits per heavy atom. The van der Waals surface area contributed by atoms with E-state index in [9.17, 15) is 4.79 Å². The molecule has 1 saturated heterocycles. The SMILES string of the molecule is CN1CCC(c2ccc(Nc3ncc4cc(-c5cc(-c6ccncn6)ccc5Cl)c(=O)n(C)c4n3)cc2)CC1. The molecular formula is C30H28ClN7O. The van der Waals surface area contributed by atoms with Crippen molar-refractivity contribution in [2.24, 2.45) is 7.05 Å². The smallest absolute Gasteiger partial charge is 0.259 e. The van der Waals surface area contributed by atoms with Gasteiger partial charge in [0.25, 0.3) is 5.56 Å². The molecule has 1 aliphatic heterocycles. The lowest BCUT2D eigenvalue weighted by Crippen LogP contribution is -2.29. The molecule has 1 aliphatic rings. The van der Waals surface area contributed by atoms with Crippen molar-refractivity contribution in [3.05, 3.63) is 94.3 Å². The molecule has 196 valence electrons. The molecule has 2 aromatic carbocycles. The van der Waals surface area contributed by atoms with Crippen LogP contribution in [0.25, 0.3) is 33.4 Å². The van der Waals surface area contributed by atoms with Gasteiger partial charge < -0.3 is 10.2 Å². The van der Waals surface area contributed by atoms with E-state index in [1.165, 1.54) is 29.3 Å². The minimum atomic E-state index is -0.198. The summed E-state index contributed by atoms with van der Waals surface area (Å²) in [4.78, 5) is 33.3. The highest BCUT2D eigenvalue weighted by Gasteiger charge is 2.18. The van der Waals surface area contributed by atoms with Gasteiger partial charge in [0.2, 0.25) is 5.95 Å². The molecule has 0 amide bonds. The standard InChI is InChI=1S/C30H28ClN7O/c1-37-13-10-20(11-14-37)19-3-6-23(7-4-19)35-30-33-17-22-16-25(29(39)38(2)28(22)36-30)24-15-21(5-8-26(24)31)27-9-12-32-18-34-27/h3-9,12,15-18,20H,10-11,13-14H2,1-2H3,(H,33,35,36). The van der Waals surface area contributed by atoms with Gasteiger partial charge in [-0.2, -0.15) is 4.98 Å². The van der Waals surface area contributed by atoms with Gasteiger partial charge in [-0.3, -0.25) is 9.36 Å². The van der Waals surface area contributed by atoms with Gasteiger partial charge in [-0.05, 0) is 80.9 Å². The number of aromatic nitrogens is 5. The van der Waals surface area contributed by atoms with Crippen LogP contribution in [0.4, 0.5) is 11.6 Å². The number of hydrogen-bond donors (Lipinski definition) is 1. The molecular weight excluding hydrogens is 510 g/mol. The second-order valence-corrected chi connectivity index (χ2v) is 10.4. The van der Waals surface area contributed by atoms with Gasteiger partial charge in [0, 0.05) is 52.2 Å². The highest BCUT2D eigenvalue weighted by Crippen LogP contribution is 2.32. The molecule has 8 nitrogen and oxygen atoms in total. The fourth-order valence-electron chi connectivity index (χ4n) is 5.16. The molecule has 0 atom stereocenters. The Bertz CT molecular complexity index is 1700. The van der Waals surface area contributed by atoms with Crippen LogP contribution in [0.3, 0.4) is 0 Å². The van der Waals surface area contributed by atoms with E-state index in [1.54, 1.807) is 31.6 Å². The Balaban J connectivity index is 1.29. The number of likely N-dealkylation sites (tertiary alicyclic amines) is 1. The number of rotatable bonds is 5. The maximum absolute atomic E-state index is 13.5. The number of aryl methyl sites for hydroxylation is 1. The van der Waals surface area contributed by atoms with Crippen LogP contribution in [0.1, 0.15) is 24.3 Å². The lowest BCUT2D eigenvalue weighted by molar-refractivity contribution is 0.255. The monoisotopic (exact) mass is 537 g/mol. The van der Waals surface area contributed by atoms with E-state index >= 15 is 0 Å². The summed E-state index contributed by atoms with van der Waals surface area (Å²) in [6, 6.07) is 17.6. The highest BCUT2D eigenvalue weighted by molar-refractivity contribution is 6.33. The van der Waals surface area contributed by atoms with E-state index in [-0.39, 0.29) is 5.56 Å². The molecule has 1 N–H and O–H groups in total. The molecule has 0 bridgehead atoms. The van der Waals surface area contributed by atoms with Crippen LogP contribution in [0, 0.1) is 0 Å². The Morgan fingerprint density at radius 2 is 1.74 bits per heavy atom. The summed E-state index contributed by atoms with van der Waals surface area (Å²) in [5.74, 6) is 1.03. The molecule has 1 fully saturated rings. The Morgan fingerprint density at radius 1 is 0.949 bits per heavy atom. The lowest BCUT2D eigenvalue weighted by Gasteiger charge is -2.29. The van der Waals surface area contributed by atoms with Gasteiger partial charge in [-0.1, -0.05) is 29.8 Å². The zero-order chi connectivity index (χ0) is 26.9. The van der Waals surface area contributed by atoms with Crippen LogP contribution in [0.2, 0.25) is 5.02 Å². The Kier molecular flexibility index (Phi) is 6.81. The minimum absolute atomic E-state index is 0.198. The van der Waals surface area contributed by atoms with Crippen LogP contribution >= 0.6 is 11.6 Å². The van der Waals surface area contributed by atoms with Crippen molar-refractivity contribution in [3.8, 4) is 22.4 Å². The maximum atomic E-state index is 13.5. The molecule has 3 aromatic heterocycles. The number of halogens is 1. The number of benzene rings is 2. The molecule has 0 aliphatic carbocycles. The molecule has 6 rings (SSSR count). The highest BCUT2D eigenvalue weighted by atomic mass is 35.5. The number of piperidine rings is 1. The quantitative estimate of drug-likeness (QED) is 0.309. The van der Waals surface area contributed by atoms with Crippen molar-refractivity contribution in [2.45, 2.75) is 18.8 Å². The van der Waals surface area contributed by atoms with E-state index in [0.717, 1.165) is 35.4 Å². The summed E-state index contributed by atoms with van der Waals surface area (Å²) >= 11 is 6.55.